The lowest BCUT2D eigenvalue weighted by Gasteiger charge is -2.16. The molecule has 0 aliphatic heterocycles. The third kappa shape index (κ3) is 5.67. The third-order valence-electron chi connectivity index (χ3n) is 2.24. The molecule has 0 aromatic carbocycles. The molecular weight excluding hydrogens is 212 g/mol. The summed E-state index contributed by atoms with van der Waals surface area (Å²) in [7, 11) is 0. The standard InChI is InChI=1S/C10H20N2O4/c1-2-3-4-7(11)9(14)12-8(5-6-13)10(15)16/h7-8,13H,2-6,11H2,1H3,(H,12,14)(H,15,16)/t7-,8?/m0/s1. The van der Waals surface area contributed by atoms with E-state index in [0.717, 1.165) is 12.8 Å². The van der Waals surface area contributed by atoms with E-state index >= 15 is 0 Å². The van der Waals surface area contributed by atoms with E-state index in [-0.39, 0.29) is 13.0 Å². The molecule has 0 aliphatic rings. The number of aliphatic hydroxyl groups excluding tert-OH is 1. The van der Waals surface area contributed by atoms with Crippen molar-refractivity contribution in [3.63, 3.8) is 0 Å². The molecule has 0 heterocycles. The Hall–Kier alpha value is -1.14. The van der Waals surface area contributed by atoms with Gasteiger partial charge in [0.2, 0.25) is 5.91 Å². The minimum absolute atomic E-state index is 0.0123. The van der Waals surface area contributed by atoms with Gasteiger partial charge < -0.3 is 21.3 Å². The Morgan fingerprint density at radius 2 is 2.00 bits per heavy atom. The number of hydrogen-bond acceptors (Lipinski definition) is 4. The van der Waals surface area contributed by atoms with Gasteiger partial charge in [0.05, 0.1) is 6.04 Å². The lowest BCUT2D eigenvalue weighted by molar-refractivity contribution is -0.142. The first-order chi connectivity index (χ1) is 7.52. The van der Waals surface area contributed by atoms with Crippen molar-refractivity contribution in [2.45, 2.75) is 44.7 Å². The molecule has 5 N–H and O–H groups in total. The summed E-state index contributed by atoms with van der Waals surface area (Å²) in [6.45, 7) is 1.69. The van der Waals surface area contributed by atoms with Gasteiger partial charge >= 0.3 is 5.97 Å². The Bertz CT molecular complexity index is 233. The highest BCUT2D eigenvalue weighted by molar-refractivity contribution is 5.86. The number of aliphatic carboxylic acids is 1. The van der Waals surface area contributed by atoms with Crippen molar-refractivity contribution >= 4 is 11.9 Å². The van der Waals surface area contributed by atoms with Crippen LogP contribution in [0.4, 0.5) is 0 Å². The van der Waals surface area contributed by atoms with Gasteiger partial charge in [-0.3, -0.25) is 4.79 Å². The number of carboxylic acids is 1. The van der Waals surface area contributed by atoms with Crippen LogP contribution in [0.3, 0.4) is 0 Å². The van der Waals surface area contributed by atoms with Crippen LogP contribution in [0.1, 0.15) is 32.6 Å². The Labute approximate surface area is 94.8 Å². The number of unbranched alkanes of at least 4 members (excludes halogenated alkanes) is 1. The van der Waals surface area contributed by atoms with Gasteiger partial charge in [0.15, 0.2) is 0 Å². The molecule has 6 heteroatoms. The van der Waals surface area contributed by atoms with Crippen LogP contribution >= 0.6 is 0 Å². The van der Waals surface area contributed by atoms with Crippen LogP contribution in [0.15, 0.2) is 0 Å². The van der Waals surface area contributed by atoms with Crippen molar-refractivity contribution < 1.29 is 19.8 Å². The fourth-order valence-corrected chi connectivity index (χ4v) is 1.22. The molecule has 94 valence electrons. The molecule has 0 aromatic heterocycles. The minimum atomic E-state index is -1.16. The molecule has 0 saturated carbocycles. The number of nitrogens with one attached hydrogen (secondary N) is 1. The van der Waals surface area contributed by atoms with Crippen LogP contribution in [-0.4, -0.2) is 40.8 Å². The Morgan fingerprint density at radius 3 is 2.44 bits per heavy atom. The average Bonchev–Trinajstić information content (AvgIpc) is 2.24. The Morgan fingerprint density at radius 1 is 1.38 bits per heavy atom. The number of hydrogen-bond donors (Lipinski definition) is 4. The summed E-state index contributed by atoms with van der Waals surface area (Å²) in [5.74, 6) is -1.64. The molecule has 1 unspecified atom stereocenters. The van der Waals surface area contributed by atoms with Gasteiger partial charge in [0.1, 0.15) is 6.04 Å². The van der Waals surface area contributed by atoms with Crippen molar-refractivity contribution in [1.29, 1.82) is 0 Å². The number of carbonyl (C=O) groups is 2. The molecule has 0 rings (SSSR count). The smallest absolute Gasteiger partial charge is 0.326 e. The number of carbonyl (C=O) groups excluding carboxylic acids is 1. The van der Waals surface area contributed by atoms with Crippen LogP contribution in [0, 0.1) is 0 Å². The van der Waals surface area contributed by atoms with E-state index in [1.54, 1.807) is 0 Å². The van der Waals surface area contributed by atoms with Crippen LogP contribution in [0.2, 0.25) is 0 Å². The molecule has 6 nitrogen and oxygen atoms in total. The van der Waals surface area contributed by atoms with Gasteiger partial charge in [0, 0.05) is 13.0 Å². The van der Waals surface area contributed by atoms with E-state index in [2.05, 4.69) is 5.32 Å². The van der Waals surface area contributed by atoms with Crippen molar-refractivity contribution in [2.24, 2.45) is 5.73 Å². The number of rotatable bonds is 8. The zero-order valence-corrected chi connectivity index (χ0v) is 9.48. The summed E-state index contributed by atoms with van der Waals surface area (Å²) >= 11 is 0. The highest BCUT2D eigenvalue weighted by atomic mass is 16.4. The van der Waals surface area contributed by atoms with Gasteiger partial charge in [-0.25, -0.2) is 4.79 Å². The summed E-state index contributed by atoms with van der Waals surface area (Å²) in [6, 6.07) is -1.74. The van der Waals surface area contributed by atoms with Crippen LogP contribution < -0.4 is 11.1 Å². The van der Waals surface area contributed by atoms with Crippen molar-refractivity contribution in [3.05, 3.63) is 0 Å². The number of aliphatic hydroxyl groups is 1. The van der Waals surface area contributed by atoms with Gasteiger partial charge in [-0.15, -0.1) is 0 Å². The number of carboxylic acid groups (broad SMARTS) is 1. The minimum Gasteiger partial charge on any atom is -0.480 e. The average molecular weight is 232 g/mol. The molecule has 2 atom stereocenters. The van der Waals surface area contributed by atoms with E-state index < -0.39 is 24.0 Å². The molecule has 0 aliphatic carbocycles. The van der Waals surface area contributed by atoms with E-state index in [9.17, 15) is 9.59 Å². The second-order valence-electron chi connectivity index (χ2n) is 3.66. The zero-order chi connectivity index (χ0) is 12.6. The summed E-state index contributed by atoms with van der Waals surface area (Å²) < 4.78 is 0. The summed E-state index contributed by atoms with van der Waals surface area (Å²) in [5, 5.41) is 19.7. The second-order valence-corrected chi connectivity index (χ2v) is 3.66. The zero-order valence-electron chi connectivity index (χ0n) is 9.48. The quantitative estimate of drug-likeness (QED) is 0.449. The highest BCUT2D eigenvalue weighted by Crippen LogP contribution is 2.00. The first kappa shape index (κ1) is 14.9. The SMILES string of the molecule is CCCC[C@H](N)C(=O)NC(CCO)C(=O)O. The van der Waals surface area contributed by atoms with Crippen molar-refractivity contribution in [1.82, 2.24) is 5.32 Å². The van der Waals surface area contributed by atoms with E-state index in [1.165, 1.54) is 0 Å². The molecule has 0 spiro atoms. The molecule has 0 saturated heterocycles. The summed E-state index contributed by atoms with van der Waals surface area (Å²) in [4.78, 5) is 22.2. The van der Waals surface area contributed by atoms with Crippen molar-refractivity contribution in [3.8, 4) is 0 Å². The van der Waals surface area contributed by atoms with Gasteiger partial charge in [0.25, 0.3) is 0 Å². The molecule has 0 bridgehead atoms. The monoisotopic (exact) mass is 232 g/mol. The normalized spacial score (nSPS) is 14.2. The maximum atomic E-state index is 11.5. The van der Waals surface area contributed by atoms with Gasteiger partial charge in [-0.05, 0) is 6.42 Å². The first-order valence-electron chi connectivity index (χ1n) is 5.42. The Balaban J connectivity index is 4.12. The van der Waals surface area contributed by atoms with E-state index in [0.29, 0.717) is 6.42 Å². The summed E-state index contributed by atoms with van der Waals surface area (Å²) in [6.07, 6.45) is 2.28. The third-order valence-corrected chi connectivity index (χ3v) is 2.24. The van der Waals surface area contributed by atoms with Gasteiger partial charge in [-0.1, -0.05) is 19.8 Å². The van der Waals surface area contributed by atoms with Crippen molar-refractivity contribution in [2.75, 3.05) is 6.61 Å². The maximum absolute atomic E-state index is 11.5. The maximum Gasteiger partial charge on any atom is 0.326 e. The molecule has 0 aromatic rings. The fourth-order valence-electron chi connectivity index (χ4n) is 1.22. The second kappa shape index (κ2) is 8.06. The fraction of sp³-hybridized carbons (Fsp3) is 0.800. The summed E-state index contributed by atoms with van der Waals surface area (Å²) in [5.41, 5.74) is 5.58. The van der Waals surface area contributed by atoms with Crippen LogP contribution in [0.25, 0.3) is 0 Å². The highest BCUT2D eigenvalue weighted by Gasteiger charge is 2.22. The molecule has 1 amide bonds. The predicted molar refractivity (Wildman–Crippen MR) is 58.8 cm³/mol. The van der Waals surface area contributed by atoms with Gasteiger partial charge in [-0.2, -0.15) is 0 Å². The van der Waals surface area contributed by atoms with Crippen LogP contribution in [0.5, 0.6) is 0 Å². The predicted octanol–water partition coefficient (Wildman–Crippen LogP) is -0.544. The van der Waals surface area contributed by atoms with E-state index in [4.69, 9.17) is 15.9 Å². The van der Waals surface area contributed by atoms with Crippen LogP contribution in [-0.2, 0) is 9.59 Å². The molecule has 0 fully saturated rings. The number of amides is 1. The van der Waals surface area contributed by atoms with E-state index in [1.807, 2.05) is 6.92 Å². The largest absolute Gasteiger partial charge is 0.480 e. The molecular formula is C10H20N2O4. The molecule has 0 radical (unpaired) electrons. The lowest BCUT2D eigenvalue weighted by Crippen LogP contribution is -2.48. The topological polar surface area (TPSA) is 113 Å². The lowest BCUT2D eigenvalue weighted by atomic mass is 10.1. The molecule has 16 heavy (non-hydrogen) atoms. The first-order valence-corrected chi connectivity index (χ1v) is 5.42. The number of nitrogens with two attached hydrogens (primary N) is 1. The Kier molecular flexibility index (Phi) is 7.49.